The maximum Gasteiger partial charge on any atom is 0.175 e. The zero-order valence-corrected chi connectivity index (χ0v) is 14.2. The fourth-order valence-corrected chi connectivity index (χ4v) is 2.96. The molecule has 2 aromatic carbocycles. The van der Waals surface area contributed by atoms with Crippen LogP contribution in [0.1, 0.15) is 5.56 Å². The van der Waals surface area contributed by atoms with Crippen molar-refractivity contribution in [2.75, 3.05) is 12.0 Å². The Hall–Kier alpha value is -2.73. The van der Waals surface area contributed by atoms with E-state index in [0.717, 1.165) is 16.7 Å². The van der Waals surface area contributed by atoms with Crippen LogP contribution in [0.4, 0.5) is 5.82 Å². The molecule has 6 heteroatoms. The Morgan fingerprint density at radius 2 is 1.50 bits per heavy atom. The van der Waals surface area contributed by atoms with Gasteiger partial charge in [-0.15, -0.1) is 0 Å². The Labute approximate surface area is 141 Å². The summed E-state index contributed by atoms with van der Waals surface area (Å²) in [4.78, 5) is 9.09. The van der Waals surface area contributed by atoms with Crippen LogP contribution >= 0.6 is 0 Å². The van der Waals surface area contributed by atoms with E-state index in [1.807, 2.05) is 31.2 Å². The third-order valence-corrected chi connectivity index (χ3v) is 4.83. The summed E-state index contributed by atoms with van der Waals surface area (Å²) >= 11 is 0. The minimum Gasteiger partial charge on any atom is -0.382 e. The first-order chi connectivity index (χ1) is 11.3. The van der Waals surface area contributed by atoms with Crippen LogP contribution in [-0.2, 0) is 9.84 Å². The summed E-state index contributed by atoms with van der Waals surface area (Å²) in [7, 11) is -3.22. The van der Waals surface area contributed by atoms with E-state index in [1.165, 1.54) is 6.26 Å². The van der Waals surface area contributed by atoms with Gasteiger partial charge < -0.3 is 5.73 Å². The van der Waals surface area contributed by atoms with Crippen LogP contribution in [0.25, 0.3) is 22.5 Å². The summed E-state index contributed by atoms with van der Waals surface area (Å²) in [6, 6.07) is 14.4. The lowest BCUT2D eigenvalue weighted by Gasteiger charge is -2.08. The standard InChI is InChI=1S/C18H17N3O2S/c1-12-3-5-14(6-4-12)17-18(19)20-11-16(21-17)13-7-9-15(10-8-13)24(2,22)23/h3-11H,1-2H3,(H2,19,20). The van der Waals surface area contributed by atoms with Gasteiger partial charge in [-0.3, -0.25) is 0 Å². The average molecular weight is 339 g/mol. The molecule has 0 saturated carbocycles. The maximum atomic E-state index is 11.5. The van der Waals surface area contributed by atoms with Gasteiger partial charge in [0, 0.05) is 17.4 Å². The summed E-state index contributed by atoms with van der Waals surface area (Å²) in [5, 5.41) is 0. The fourth-order valence-electron chi connectivity index (χ4n) is 2.33. The van der Waals surface area contributed by atoms with Crippen LogP contribution in [0.15, 0.2) is 59.6 Å². The molecule has 3 aromatic rings. The molecule has 1 aromatic heterocycles. The lowest BCUT2D eigenvalue weighted by atomic mass is 10.1. The van der Waals surface area contributed by atoms with E-state index in [1.54, 1.807) is 30.5 Å². The van der Waals surface area contributed by atoms with Crippen LogP contribution in [-0.4, -0.2) is 24.6 Å². The van der Waals surface area contributed by atoms with Crippen molar-refractivity contribution >= 4 is 15.7 Å². The first kappa shape index (κ1) is 16.1. The van der Waals surface area contributed by atoms with Crippen molar-refractivity contribution in [1.29, 1.82) is 0 Å². The highest BCUT2D eigenvalue weighted by atomic mass is 32.2. The smallest absolute Gasteiger partial charge is 0.175 e. The highest BCUT2D eigenvalue weighted by Gasteiger charge is 2.11. The molecule has 0 unspecified atom stereocenters. The monoisotopic (exact) mass is 339 g/mol. The molecule has 0 radical (unpaired) electrons. The summed E-state index contributed by atoms with van der Waals surface area (Å²) in [5.74, 6) is 0.357. The number of nitrogen functional groups attached to an aromatic ring is 1. The Balaban J connectivity index is 2.04. The molecule has 24 heavy (non-hydrogen) atoms. The molecule has 5 nitrogen and oxygen atoms in total. The lowest BCUT2D eigenvalue weighted by Crippen LogP contribution is -1.99. The van der Waals surface area contributed by atoms with E-state index in [-0.39, 0.29) is 4.90 Å². The van der Waals surface area contributed by atoms with E-state index < -0.39 is 9.84 Å². The highest BCUT2D eigenvalue weighted by Crippen LogP contribution is 2.26. The number of benzene rings is 2. The zero-order chi connectivity index (χ0) is 17.3. The summed E-state index contributed by atoms with van der Waals surface area (Å²) < 4.78 is 23.1. The van der Waals surface area contributed by atoms with E-state index in [9.17, 15) is 8.42 Å². The number of aromatic nitrogens is 2. The normalized spacial score (nSPS) is 11.4. The maximum absolute atomic E-state index is 11.5. The number of nitrogens with two attached hydrogens (primary N) is 1. The van der Waals surface area contributed by atoms with Gasteiger partial charge in [0.15, 0.2) is 9.84 Å². The van der Waals surface area contributed by atoms with Gasteiger partial charge in [-0.2, -0.15) is 0 Å². The summed E-state index contributed by atoms with van der Waals surface area (Å²) in [6.45, 7) is 2.01. The molecule has 0 bridgehead atoms. The predicted molar refractivity (Wildman–Crippen MR) is 95.2 cm³/mol. The van der Waals surface area contributed by atoms with Crippen molar-refractivity contribution in [1.82, 2.24) is 9.97 Å². The van der Waals surface area contributed by atoms with E-state index in [4.69, 9.17) is 5.73 Å². The molecule has 0 atom stereocenters. The first-order valence-corrected chi connectivity index (χ1v) is 9.24. The second kappa shape index (κ2) is 6.05. The number of hydrogen-bond donors (Lipinski definition) is 1. The van der Waals surface area contributed by atoms with Gasteiger partial charge in [-0.25, -0.2) is 18.4 Å². The summed E-state index contributed by atoms with van der Waals surface area (Å²) in [5.41, 5.74) is 10.0. The minimum atomic E-state index is -3.22. The first-order valence-electron chi connectivity index (χ1n) is 7.34. The lowest BCUT2D eigenvalue weighted by molar-refractivity contribution is 0.602. The van der Waals surface area contributed by atoms with Crippen molar-refractivity contribution in [2.24, 2.45) is 0 Å². The largest absolute Gasteiger partial charge is 0.382 e. The molecule has 0 fully saturated rings. The highest BCUT2D eigenvalue weighted by molar-refractivity contribution is 7.90. The average Bonchev–Trinajstić information content (AvgIpc) is 2.56. The predicted octanol–water partition coefficient (Wildman–Crippen LogP) is 3.10. The van der Waals surface area contributed by atoms with E-state index >= 15 is 0 Å². The van der Waals surface area contributed by atoms with Crippen LogP contribution in [0.3, 0.4) is 0 Å². The number of hydrogen-bond acceptors (Lipinski definition) is 5. The molecule has 3 rings (SSSR count). The van der Waals surface area contributed by atoms with E-state index in [2.05, 4.69) is 9.97 Å². The molecular formula is C18H17N3O2S. The molecule has 0 spiro atoms. The Bertz CT molecular complexity index is 980. The second-order valence-electron chi connectivity index (χ2n) is 5.65. The molecule has 0 saturated heterocycles. The zero-order valence-electron chi connectivity index (χ0n) is 13.4. The van der Waals surface area contributed by atoms with Gasteiger partial charge in [0.1, 0.15) is 11.5 Å². The number of nitrogens with zero attached hydrogens (tertiary/aromatic N) is 2. The third-order valence-electron chi connectivity index (χ3n) is 3.70. The summed E-state index contributed by atoms with van der Waals surface area (Å²) in [6.07, 6.45) is 2.77. The van der Waals surface area contributed by atoms with Crippen molar-refractivity contribution in [3.63, 3.8) is 0 Å². The Morgan fingerprint density at radius 3 is 2.08 bits per heavy atom. The number of anilines is 1. The van der Waals surface area contributed by atoms with E-state index in [0.29, 0.717) is 17.2 Å². The van der Waals surface area contributed by atoms with Crippen molar-refractivity contribution in [2.45, 2.75) is 11.8 Å². The van der Waals surface area contributed by atoms with Crippen molar-refractivity contribution < 1.29 is 8.42 Å². The van der Waals surface area contributed by atoms with Crippen molar-refractivity contribution in [3.05, 3.63) is 60.3 Å². The quantitative estimate of drug-likeness (QED) is 0.792. The van der Waals surface area contributed by atoms with Crippen LogP contribution in [0.5, 0.6) is 0 Å². The molecule has 122 valence electrons. The van der Waals surface area contributed by atoms with Crippen LogP contribution in [0.2, 0.25) is 0 Å². The molecule has 0 aliphatic heterocycles. The molecular weight excluding hydrogens is 322 g/mol. The Kier molecular flexibility index (Phi) is 4.07. The minimum absolute atomic E-state index is 0.272. The van der Waals surface area contributed by atoms with Gasteiger partial charge in [-0.05, 0) is 19.1 Å². The van der Waals surface area contributed by atoms with Crippen LogP contribution < -0.4 is 5.73 Å². The number of rotatable bonds is 3. The second-order valence-corrected chi connectivity index (χ2v) is 7.67. The van der Waals surface area contributed by atoms with Gasteiger partial charge >= 0.3 is 0 Å². The SMILES string of the molecule is Cc1ccc(-c2nc(-c3ccc(S(C)(=O)=O)cc3)cnc2N)cc1. The van der Waals surface area contributed by atoms with Gasteiger partial charge in [0.25, 0.3) is 0 Å². The number of aryl methyl sites for hydroxylation is 1. The van der Waals surface area contributed by atoms with Gasteiger partial charge in [-0.1, -0.05) is 42.0 Å². The van der Waals surface area contributed by atoms with Crippen molar-refractivity contribution in [3.8, 4) is 22.5 Å². The molecule has 0 aliphatic carbocycles. The number of sulfone groups is 1. The molecule has 1 heterocycles. The van der Waals surface area contributed by atoms with Gasteiger partial charge in [0.05, 0.1) is 16.8 Å². The Morgan fingerprint density at radius 1 is 0.917 bits per heavy atom. The molecule has 2 N–H and O–H groups in total. The fraction of sp³-hybridized carbons (Fsp3) is 0.111. The van der Waals surface area contributed by atoms with Gasteiger partial charge in [0.2, 0.25) is 0 Å². The molecule has 0 aliphatic rings. The van der Waals surface area contributed by atoms with Crippen LogP contribution in [0, 0.1) is 6.92 Å². The molecule has 0 amide bonds. The topological polar surface area (TPSA) is 85.9 Å². The third kappa shape index (κ3) is 3.28.